The van der Waals surface area contributed by atoms with Gasteiger partial charge in [-0.05, 0) is 42.7 Å². The van der Waals surface area contributed by atoms with Gasteiger partial charge in [0.25, 0.3) is 0 Å². The Labute approximate surface area is 203 Å². The number of allylic oxidation sites excluding steroid dienone is 3. The third kappa shape index (κ3) is 4.94. The number of thioether (sulfide) groups is 1. The summed E-state index contributed by atoms with van der Waals surface area (Å²) in [4.78, 5) is 39.4. The maximum absolute atomic E-state index is 13.7. The molecule has 184 valence electrons. The van der Waals surface area contributed by atoms with Crippen LogP contribution in [0.3, 0.4) is 0 Å². The van der Waals surface area contributed by atoms with Gasteiger partial charge in [0.1, 0.15) is 12.5 Å². The van der Waals surface area contributed by atoms with Gasteiger partial charge in [-0.2, -0.15) is 11.8 Å². The quantitative estimate of drug-likeness (QED) is 0.323. The molecule has 1 heterocycles. The van der Waals surface area contributed by atoms with E-state index in [0.717, 1.165) is 5.75 Å². The summed E-state index contributed by atoms with van der Waals surface area (Å²) in [7, 11) is 2.69. The van der Waals surface area contributed by atoms with E-state index in [4.69, 9.17) is 14.2 Å². The predicted octanol–water partition coefficient (Wildman–Crippen LogP) is 3.31. The average molecular weight is 490 g/mol. The first kappa shape index (κ1) is 25.7. The first-order chi connectivity index (χ1) is 16.2. The monoisotopic (exact) mass is 489 g/mol. The van der Waals surface area contributed by atoms with E-state index in [9.17, 15) is 19.5 Å². The summed E-state index contributed by atoms with van der Waals surface area (Å²) in [5.41, 5.74) is 2.35. The Hall–Kier alpha value is -2.94. The molecular formula is C25H31NO7S. The lowest BCUT2D eigenvalue weighted by Gasteiger charge is -2.38. The fraction of sp³-hybridized carbons (Fsp3) is 0.480. The molecule has 34 heavy (non-hydrogen) atoms. The van der Waals surface area contributed by atoms with E-state index in [-0.39, 0.29) is 29.6 Å². The molecule has 0 aromatic heterocycles. The first-order valence-corrected chi connectivity index (χ1v) is 12.3. The molecule has 2 aliphatic rings. The number of carbonyl (C=O) groups excluding carboxylic acids is 3. The Morgan fingerprint density at radius 2 is 2.00 bits per heavy atom. The minimum absolute atomic E-state index is 0.119. The summed E-state index contributed by atoms with van der Waals surface area (Å²) in [6.07, 6.45) is 0.437. The Balaban J connectivity index is 2.11. The number of hydrogen-bond acceptors (Lipinski definition) is 9. The van der Waals surface area contributed by atoms with Gasteiger partial charge in [0.2, 0.25) is 0 Å². The normalized spacial score (nSPS) is 22.1. The summed E-state index contributed by atoms with van der Waals surface area (Å²) in [5.74, 6) is -1.89. The van der Waals surface area contributed by atoms with Crippen molar-refractivity contribution in [3.8, 4) is 11.5 Å². The zero-order valence-corrected chi connectivity index (χ0v) is 20.9. The molecule has 0 radical (unpaired) electrons. The molecule has 3 rings (SSSR count). The molecular weight excluding hydrogens is 458 g/mol. The molecule has 0 fully saturated rings. The molecule has 0 amide bonds. The molecule has 1 aromatic rings. The highest BCUT2D eigenvalue weighted by atomic mass is 32.2. The second-order valence-corrected chi connectivity index (χ2v) is 9.69. The van der Waals surface area contributed by atoms with Crippen LogP contribution in [0.5, 0.6) is 11.5 Å². The second-order valence-electron chi connectivity index (χ2n) is 8.30. The number of ether oxygens (including phenoxy) is 3. The number of rotatable bonds is 8. The number of carbonyl (C=O) groups is 3. The third-order valence-electron chi connectivity index (χ3n) is 6.16. The standard InChI is InChI=1S/C25H31NO7S/c1-6-34-10-9-33-25(30)20-14(3)26-16-11-13(2)19(24(29)32-5)23(28)22(16)21(20)15-7-8-18(31-4)17(27)12-15/h7-8,12-13,19,21,26-27H,6,9-11H2,1-5H3/t13-,19+,21-/m1/s1. The number of benzene rings is 1. The number of aromatic hydroxyl groups is 1. The SMILES string of the molecule is CCSCCOC(=O)C1=C(C)NC2=C(C(=O)[C@@H](C(=O)OC)[C@H](C)C2)[C@@H]1c1ccc(OC)c(O)c1. The van der Waals surface area contributed by atoms with Gasteiger partial charge in [0.05, 0.1) is 19.8 Å². The number of Topliss-reactive ketones (excluding diaryl/α,β-unsaturated/α-hetero) is 1. The molecule has 0 saturated carbocycles. The van der Waals surface area contributed by atoms with Crippen LogP contribution in [0.25, 0.3) is 0 Å². The van der Waals surface area contributed by atoms with Gasteiger partial charge in [-0.3, -0.25) is 9.59 Å². The number of phenols is 1. The minimum Gasteiger partial charge on any atom is -0.504 e. The van der Waals surface area contributed by atoms with Crippen LogP contribution in [-0.4, -0.2) is 55.2 Å². The Kier molecular flexibility index (Phi) is 8.30. The van der Waals surface area contributed by atoms with Crippen molar-refractivity contribution in [2.24, 2.45) is 11.8 Å². The van der Waals surface area contributed by atoms with Crippen molar-refractivity contribution >= 4 is 29.5 Å². The highest BCUT2D eigenvalue weighted by Gasteiger charge is 2.47. The Bertz CT molecular complexity index is 1050. The maximum Gasteiger partial charge on any atom is 0.336 e. The van der Waals surface area contributed by atoms with Gasteiger partial charge in [0.15, 0.2) is 17.3 Å². The lowest BCUT2D eigenvalue weighted by molar-refractivity contribution is -0.151. The predicted molar refractivity (Wildman–Crippen MR) is 129 cm³/mol. The summed E-state index contributed by atoms with van der Waals surface area (Å²) in [6, 6.07) is 4.76. The van der Waals surface area contributed by atoms with Gasteiger partial charge >= 0.3 is 11.9 Å². The van der Waals surface area contributed by atoms with Crippen LogP contribution >= 0.6 is 11.8 Å². The van der Waals surface area contributed by atoms with Crippen LogP contribution in [-0.2, 0) is 23.9 Å². The number of nitrogens with one attached hydrogen (secondary N) is 1. The van der Waals surface area contributed by atoms with Crippen molar-refractivity contribution in [2.45, 2.75) is 33.1 Å². The van der Waals surface area contributed by atoms with E-state index < -0.39 is 29.6 Å². The van der Waals surface area contributed by atoms with E-state index >= 15 is 0 Å². The van der Waals surface area contributed by atoms with E-state index in [1.807, 2.05) is 13.8 Å². The second kappa shape index (κ2) is 11.0. The van der Waals surface area contributed by atoms with Crippen molar-refractivity contribution in [3.63, 3.8) is 0 Å². The van der Waals surface area contributed by atoms with E-state index in [1.165, 1.54) is 20.3 Å². The number of ketones is 1. The molecule has 8 nitrogen and oxygen atoms in total. The molecule has 1 aliphatic heterocycles. The summed E-state index contributed by atoms with van der Waals surface area (Å²) in [5, 5.41) is 13.7. The number of phenolic OH excluding ortho intramolecular Hbond substituents is 1. The summed E-state index contributed by atoms with van der Waals surface area (Å²) >= 11 is 1.65. The molecule has 0 unspecified atom stereocenters. The topological polar surface area (TPSA) is 111 Å². The van der Waals surface area contributed by atoms with E-state index in [1.54, 1.807) is 30.8 Å². The lowest BCUT2D eigenvalue weighted by Crippen LogP contribution is -2.43. The van der Waals surface area contributed by atoms with E-state index in [0.29, 0.717) is 34.7 Å². The molecule has 1 aliphatic carbocycles. The van der Waals surface area contributed by atoms with E-state index in [2.05, 4.69) is 5.32 Å². The molecule has 0 spiro atoms. The largest absolute Gasteiger partial charge is 0.504 e. The number of esters is 2. The molecule has 0 bridgehead atoms. The fourth-order valence-electron chi connectivity index (χ4n) is 4.59. The molecule has 9 heteroatoms. The van der Waals surface area contributed by atoms with Crippen molar-refractivity contribution in [1.82, 2.24) is 5.32 Å². The Morgan fingerprint density at radius 1 is 1.26 bits per heavy atom. The maximum atomic E-state index is 13.7. The fourth-order valence-corrected chi connectivity index (χ4v) is 5.08. The van der Waals surface area contributed by atoms with Gasteiger partial charge in [-0.1, -0.05) is 19.9 Å². The smallest absolute Gasteiger partial charge is 0.336 e. The highest BCUT2D eigenvalue weighted by Crippen LogP contribution is 2.46. The van der Waals surface area contributed by atoms with Crippen molar-refractivity contribution < 1.29 is 33.7 Å². The zero-order chi connectivity index (χ0) is 25.0. The molecule has 3 atom stereocenters. The minimum atomic E-state index is -0.975. The zero-order valence-electron chi connectivity index (χ0n) is 20.1. The van der Waals surface area contributed by atoms with Crippen LogP contribution in [0.4, 0.5) is 0 Å². The van der Waals surface area contributed by atoms with Gasteiger partial charge in [-0.25, -0.2) is 4.79 Å². The third-order valence-corrected chi connectivity index (χ3v) is 7.03. The van der Waals surface area contributed by atoms with Gasteiger partial charge < -0.3 is 24.6 Å². The summed E-state index contributed by atoms with van der Waals surface area (Å²) < 4.78 is 15.6. The van der Waals surface area contributed by atoms with Crippen LogP contribution < -0.4 is 10.1 Å². The molecule has 2 N–H and O–H groups in total. The first-order valence-electron chi connectivity index (χ1n) is 11.2. The lowest BCUT2D eigenvalue weighted by atomic mass is 9.69. The highest BCUT2D eigenvalue weighted by molar-refractivity contribution is 7.99. The van der Waals surface area contributed by atoms with Crippen molar-refractivity contribution in [1.29, 1.82) is 0 Å². The number of hydrogen-bond donors (Lipinski definition) is 2. The van der Waals surface area contributed by atoms with Crippen LogP contribution in [0.15, 0.2) is 40.7 Å². The Morgan fingerprint density at radius 3 is 2.62 bits per heavy atom. The van der Waals surface area contributed by atoms with Gasteiger partial charge in [0, 0.05) is 28.6 Å². The van der Waals surface area contributed by atoms with Gasteiger partial charge in [-0.15, -0.1) is 0 Å². The molecule has 0 saturated heterocycles. The molecule has 1 aromatic carbocycles. The van der Waals surface area contributed by atoms with Crippen LogP contribution in [0, 0.1) is 11.8 Å². The van der Waals surface area contributed by atoms with Crippen molar-refractivity contribution in [3.05, 3.63) is 46.3 Å². The summed E-state index contributed by atoms with van der Waals surface area (Å²) in [6.45, 7) is 5.85. The van der Waals surface area contributed by atoms with Crippen molar-refractivity contribution in [2.75, 3.05) is 32.3 Å². The average Bonchev–Trinajstić information content (AvgIpc) is 2.80. The van der Waals surface area contributed by atoms with Crippen LogP contribution in [0.1, 0.15) is 38.7 Å². The van der Waals surface area contributed by atoms with Crippen LogP contribution in [0.2, 0.25) is 0 Å². The number of methoxy groups -OCH3 is 2. The number of dihydropyridines is 1.